The summed E-state index contributed by atoms with van der Waals surface area (Å²) < 4.78 is 5.54. The van der Waals surface area contributed by atoms with Crippen molar-refractivity contribution in [3.8, 4) is 11.1 Å². The minimum atomic E-state index is -0.409. The molecule has 0 atom stereocenters. The van der Waals surface area contributed by atoms with Crippen molar-refractivity contribution in [2.24, 2.45) is 0 Å². The molecule has 0 spiro atoms. The van der Waals surface area contributed by atoms with Crippen molar-refractivity contribution >= 4 is 23.3 Å². The number of rotatable bonds is 6. The lowest BCUT2D eigenvalue weighted by Crippen LogP contribution is -2.26. The second-order valence-electron chi connectivity index (χ2n) is 7.30. The van der Waals surface area contributed by atoms with Crippen LogP contribution in [0.2, 0.25) is 0 Å². The van der Waals surface area contributed by atoms with Gasteiger partial charge in [0.05, 0.1) is 12.0 Å². The van der Waals surface area contributed by atoms with Gasteiger partial charge < -0.3 is 15.0 Å². The summed E-state index contributed by atoms with van der Waals surface area (Å²) in [7, 11) is 0. The maximum Gasteiger partial charge on any atom is 0.407 e. The fourth-order valence-electron chi connectivity index (χ4n) is 4.01. The number of nitrogens with one attached hydrogen (secondary N) is 2. The molecule has 2 aromatic carbocycles. The standard InChI is InChI=1S/C24H21N5O2/c30-24(25-12-6-5-11-21-22-23(28-14-26-21)29-15-27-22)31-13-20-18-9-3-1-7-16(18)17-8-2-4-10-19(17)20/h1-5,7-11,14-15,20H,6,12-13H2,(H,25,30)(H,26,27,28,29). The molecule has 0 aliphatic heterocycles. The molecule has 7 heteroatoms. The van der Waals surface area contributed by atoms with Gasteiger partial charge in [-0.15, -0.1) is 0 Å². The van der Waals surface area contributed by atoms with Crippen LogP contribution in [0.4, 0.5) is 4.79 Å². The number of ether oxygens (including phenoxy) is 1. The Hall–Kier alpha value is -4.00. The topological polar surface area (TPSA) is 92.8 Å². The number of alkyl carbamates (subject to hydrolysis) is 1. The van der Waals surface area contributed by atoms with Crippen LogP contribution >= 0.6 is 0 Å². The van der Waals surface area contributed by atoms with E-state index in [1.807, 2.05) is 36.4 Å². The number of fused-ring (bicyclic) bond motifs is 4. The van der Waals surface area contributed by atoms with E-state index in [9.17, 15) is 4.79 Å². The number of H-pyrrole nitrogens is 1. The smallest absolute Gasteiger partial charge is 0.407 e. The van der Waals surface area contributed by atoms with Gasteiger partial charge >= 0.3 is 6.09 Å². The van der Waals surface area contributed by atoms with Gasteiger partial charge in [0.15, 0.2) is 5.65 Å². The first kappa shape index (κ1) is 19.0. The SMILES string of the molecule is O=C(NCCC=Cc1ncnc2nc[nH]c12)OCC1c2ccccc2-c2ccccc21. The molecule has 1 amide bonds. The van der Waals surface area contributed by atoms with Crippen LogP contribution in [0.1, 0.15) is 29.2 Å². The van der Waals surface area contributed by atoms with Crippen molar-refractivity contribution in [1.29, 1.82) is 0 Å². The van der Waals surface area contributed by atoms with Gasteiger partial charge in [0, 0.05) is 12.5 Å². The second kappa shape index (κ2) is 8.39. The summed E-state index contributed by atoms with van der Waals surface area (Å²) in [6.07, 6.45) is 7.17. The first-order valence-corrected chi connectivity index (χ1v) is 10.2. The number of carbonyl (C=O) groups is 1. The lowest BCUT2D eigenvalue weighted by molar-refractivity contribution is 0.143. The lowest BCUT2D eigenvalue weighted by atomic mass is 9.98. The Morgan fingerprint density at radius 2 is 1.77 bits per heavy atom. The quantitative estimate of drug-likeness (QED) is 0.462. The van der Waals surface area contributed by atoms with E-state index in [1.54, 1.807) is 6.33 Å². The Morgan fingerprint density at radius 3 is 2.55 bits per heavy atom. The van der Waals surface area contributed by atoms with E-state index < -0.39 is 6.09 Å². The number of aromatic nitrogens is 4. The van der Waals surface area contributed by atoms with Gasteiger partial charge in [0.25, 0.3) is 0 Å². The molecule has 0 saturated carbocycles. The second-order valence-corrected chi connectivity index (χ2v) is 7.30. The maximum atomic E-state index is 12.2. The number of carbonyl (C=O) groups excluding carboxylic acids is 1. The monoisotopic (exact) mass is 411 g/mol. The third kappa shape index (κ3) is 3.77. The van der Waals surface area contributed by atoms with Crippen LogP contribution in [-0.4, -0.2) is 39.2 Å². The van der Waals surface area contributed by atoms with Gasteiger partial charge in [0.2, 0.25) is 0 Å². The molecule has 0 radical (unpaired) electrons. The Labute approximate surface area is 179 Å². The number of benzene rings is 2. The summed E-state index contributed by atoms with van der Waals surface area (Å²) in [5.41, 5.74) is 7.03. The Bertz CT molecular complexity index is 1220. The molecule has 2 heterocycles. The van der Waals surface area contributed by atoms with Gasteiger partial charge in [-0.3, -0.25) is 0 Å². The van der Waals surface area contributed by atoms with E-state index in [0.29, 0.717) is 25.2 Å². The van der Waals surface area contributed by atoms with Crippen LogP contribution < -0.4 is 5.32 Å². The summed E-state index contributed by atoms with van der Waals surface area (Å²) in [6.45, 7) is 0.790. The molecule has 0 bridgehead atoms. The summed E-state index contributed by atoms with van der Waals surface area (Å²) in [4.78, 5) is 27.7. The molecule has 1 aliphatic carbocycles. The number of aromatic amines is 1. The highest BCUT2D eigenvalue weighted by atomic mass is 16.5. The van der Waals surface area contributed by atoms with E-state index in [1.165, 1.54) is 28.6 Å². The molecule has 0 fully saturated rings. The molecule has 1 aliphatic rings. The van der Waals surface area contributed by atoms with Crippen LogP contribution in [0.3, 0.4) is 0 Å². The zero-order valence-corrected chi connectivity index (χ0v) is 16.8. The zero-order valence-electron chi connectivity index (χ0n) is 16.8. The Kier molecular flexibility index (Phi) is 5.14. The average molecular weight is 411 g/mol. The van der Waals surface area contributed by atoms with Crippen molar-refractivity contribution < 1.29 is 9.53 Å². The van der Waals surface area contributed by atoms with E-state index in [4.69, 9.17) is 4.74 Å². The molecular formula is C24H21N5O2. The maximum absolute atomic E-state index is 12.2. The normalized spacial score (nSPS) is 12.8. The fraction of sp³-hybridized carbons (Fsp3) is 0.167. The van der Waals surface area contributed by atoms with E-state index in [-0.39, 0.29) is 5.92 Å². The minimum absolute atomic E-state index is 0.0626. The predicted molar refractivity (Wildman–Crippen MR) is 118 cm³/mol. The van der Waals surface area contributed by atoms with Gasteiger partial charge in [-0.2, -0.15) is 0 Å². The average Bonchev–Trinajstić information content (AvgIpc) is 3.41. The van der Waals surface area contributed by atoms with Crippen LogP contribution in [-0.2, 0) is 4.74 Å². The van der Waals surface area contributed by atoms with Gasteiger partial charge in [-0.1, -0.05) is 54.6 Å². The summed E-state index contributed by atoms with van der Waals surface area (Å²) >= 11 is 0. The largest absolute Gasteiger partial charge is 0.449 e. The number of hydrogen-bond donors (Lipinski definition) is 2. The van der Waals surface area contributed by atoms with E-state index in [2.05, 4.69) is 49.5 Å². The number of amides is 1. The molecule has 4 aromatic rings. The van der Waals surface area contributed by atoms with Crippen molar-refractivity contribution in [2.75, 3.05) is 13.2 Å². The molecule has 7 nitrogen and oxygen atoms in total. The first-order valence-electron chi connectivity index (χ1n) is 10.2. The molecule has 31 heavy (non-hydrogen) atoms. The number of hydrogen-bond acceptors (Lipinski definition) is 5. The Morgan fingerprint density at radius 1 is 1.03 bits per heavy atom. The molecular weight excluding hydrogens is 390 g/mol. The highest BCUT2D eigenvalue weighted by Crippen LogP contribution is 2.44. The lowest BCUT2D eigenvalue weighted by Gasteiger charge is -2.14. The third-order valence-corrected chi connectivity index (χ3v) is 5.45. The summed E-state index contributed by atoms with van der Waals surface area (Å²) in [6, 6.07) is 16.6. The highest BCUT2D eigenvalue weighted by molar-refractivity contribution is 5.80. The van der Waals surface area contributed by atoms with Gasteiger partial charge in [-0.25, -0.2) is 19.7 Å². The summed E-state index contributed by atoms with van der Waals surface area (Å²) in [5.74, 6) is 0.0626. The molecule has 154 valence electrons. The van der Waals surface area contributed by atoms with Crippen molar-refractivity contribution in [1.82, 2.24) is 25.3 Å². The molecule has 5 rings (SSSR count). The highest BCUT2D eigenvalue weighted by Gasteiger charge is 2.28. The molecule has 2 aromatic heterocycles. The van der Waals surface area contributed by atoms with Crippen LogP contribution in [0.5, 0.6) is 0 Å². The minimum Gasteiger partial charge on any atom is -0.449 e. The van der Waals surface area contributed by atoms with Gasteiger partial charge in [0.1, 0.15) is 18.5 Å². The van der Waals surface area contributed by atoms with Crippen molar-refractivity contribution in [2.45, 2.75) is 12.3 Å². The molecule has 2 N–H and O–H groups in total. The van der Waals surface area contributed by atoms with Crippen LogP contribution in [0.25, 0.3) is 28.4 Å². The van der Waals surface area contributed by atoms with E-state index >= 15 is 0 Å². The third-order valence-electron chi connectivity index (χ3n) is 5.45. The molecule has 0 unspecified atom stereocenters. The van der Waals surface area contributed by atoms with E-state index in [0.717, 1.165) is 11.2 Å². The van der Waals surface area contributed by atoms with Gasteiger partial charge in [-0.05, 0) is 34.8 Å². The molecule has 0 saturated heterocycles. The fourth-order valence-corrected chi connectivity index (χ4v) is 4.01. The zero-order chi connectivity index (χ0) is 21.0. The number of imidazole rings is 1. The number of nitrogens with zero attached hydrogens (tertiary/aromatic N) is 3. The Balaban J connectivity index is 1.14. The van der Waals surface area contributed by atoms with Crippen molar-refractivity contribution in [3.63, 3.8) is 0 Å². The van der Waals surface area contributed by atoms with Crippen LogP contribution in [0.15, 0.2) is 67.3 Å². The van der Waals surface area contributed by atoms with Crippen LogP contribution in [0, 0.1) is 0 Å². The first-order chi connectivity index (χ1) is 15.3. The van der Waals surface area contributed by atoms with Crippen molar-refractivity contribution in [3.05, 3.63) is 84.1 Å². The summed E-state index contributed by atoms with van der Waals surface area (Å²) in [5, 5.41) is 2.81. The predicted octanol–water partition coefficient (Wildman–Crippen LogP) is 4.29.